The van der Waals surface area contributed by atoms with Crippen molar-refractivity contribution in [1.82, 2.24) is 0 Å². The second-order valence-electron chi connectivity index (χ2n) is 5.84. The molecule has 0 spiro atoms. The number of nitrogens with two attached hydrogens (primary N) is 1. The minimum atomic E-state index is -0.0957. The average Bonchev–Trinajstić information content (AvgIpc) is 3.00. The standard InChI is InChI=1S/C16H20N2O2/c1-2-10-7-13-14(8-10)16(20)18(15(13)19)12-5-3-11(9-17)4-6-12/h3-6,10,13-14H,2,7-9,17H2,1H3. The number of fused-ring (bicyclic) bond motifs is 1. The number of rotatable bonds is 3. The summed E-state index contributed by atoms with van der Waals surface area (Å²) in [6, 6.07) is 7.38. The van der Waals surface area contributed by atoms with Crippen LogP contribution in [0.25, 0.3) is 0 Å². The predicted octanol–water partition coefficient (Wildman–Crippen LogP) is 2.07. The highest BCUT2D eigenvalue weighted by molar-refractivity contribution is 6.22. The van der Waals surface area contributed by atoms with E-state index in [4.69, 9.17) is 5.73 Å². The molecule has 1 aliphatic heterocycles. The van der Waals surface area contributed by atoms with Crippen molar-refractivity contribution in [2.75, 3.05) is 4.90 Å². The van der Waals surface area contributed by atoms with Gasteiger partial charge in [-0.05, 0) is 36.5 Å². The Labute approximate surface area is 118 Å². The van der Waals surface area contributed by atoms with Gasteiger partial charge in [-0.3, -0.25) is 14.5 Å². The fourth-order valence-corrected chi connectivity index (χ4v) is 3.50. The van der Waals surface area contributed by atoms with Gasteiger partial charge < -0.3 is 5.73 Å². The van der Waals surface area contributed by atoms with Crippen LogP contribution in [-0.4, -0.2) is 11.8 Å². The van der Waals surface area contributed by atoms with Crippen molar-refractivity contribution in [1.29, 1.82) is 0 Å². The highest BCUT2D eigenvalue weighted by Crippen LogP contribution is 2.45. The average molecular weight is 272 g/mol. The van der Waals surface area contributed by atoms with Crippen molar-refractivity contribution in [2.24, 2.45) is 23.5 Å². The van der Waals surface area contributed by atoms with Gasteiger partial charge in [0.05, 0.1) is 17.5 Å². The van der Waals surface area contributed by atoms with Crippen LogP contribution in [0.1, 0.15) is 31.7 Å². The van der Waals surface area contributed by atoms with E-state index in [1.165, 1.54) is 4.90 Å². The molecule has 2 amide bonds. The molecule has 1 saturated carbocycles. The maximum absolute atomic E-state index is 12.5. The van der Waals surface area contributed by atoms with E-state index >= 15 is 0 Å². The third-order valence-electron chi connectivity index (χ3n) is 4.74. The van der Waals surface area contributed by atoms with Crippen LogP contribution >= 0.6 is 0 Å². The monoisotopic (exact) mass is 272 g/mol. The Morgan fingerprint density at radius 1 is 1.10 bits per heavy atom. The van der Waals surface area contributed by atoms with Gasteiger partial charge in [0.15, 0.2) is 0 Å². The van der Waals surface area contributed by atoms with Gasteiger partial charge in [-0.2, -0.15) is 0 Å². The van der Waals surface area contributed by atoms with Crippen LogP contribution in [0.5, 0.6) is 0 Å². The van der Waals surface area contributed by atoms with E-state index in [1.807, 2.05) is 24.3 Å². The van der Waals surface area contributed by atoms with Gasteiger partial charge in [0.1, 0.15) is 0 Å². The van der Waals surface area contributed by atoms with Crippen LogP contribution in [0.3, 0.4) is 0 Å². The van der Waals surface area contributed by atoms with Crippen molar-refractivity contribution >= 4 is 17.5 Å². The molecule has 2 N–H and O–H groups in total. The molecule has 2 atom stereocenters. The van der Waals surface area contributed by atoms with Crippen molar-refractivity contribution in [3.63, 3.8) is 0 Å². The molecule has 1 saturated heterocycles. The number of imide groups is 1. The summed E-state index contributed by atoms with van der Waals surface area (Å²) in [7, 11) is 0. The van der Waals surface area contributed by atoms with E-state index in [2.05, 4.69) is 6.92 Å². The maximum Gasteiger partial charge on any atom is 0.237 e. The van der Waals surface area contributed by atoms with Gasteiger partial charge in [-0.1, -0.05) is 25.5 Å². The number of carbonyl (C=O) groups is 2. The van der Waals surface area contributed by atoms with E-state index in [-0.39, 0.29) is 23.7 Å². The fourth-order valence-electron chi connectivity index (χ4n) is 3.50. The Morgan fingerprint density at radius 2 is 1.65 bits per heavy atom. The molecule has 20 heavy (non-hydrogen) atoms. The first kappa shape index (κ1) is 13.3. The Morgan fingerprint density at radius 3 is 2.10 bits per heavy atom. The first-order valence-electron chi connectivity index (χ1n) is 7.32. The molecule has 1 heterocycles. The summed E-state index contributed by atoms with van der Waals surface area (Å²) in [6.45, 7) is 2.59. The Bertz CT molecular complexity index is 514. The zero-order valence-corrected chi connectivity index (χ0v) is 11.7. The van der Waals surface area contributed by atoms with Gasteiger partial charge >= 0.3 is 0 Å². The molecule has 1 aromatic carbocycles. The van der Waals surface area contributed by atoms with E-state index in [1.54, 1.807) is 0 Å². The summed E-state index contributed by atoms with van der Waals surface area (Å²) in [5.41, 5.74) is 7.25. The smallest absolute Gasteiger partial charge is 0.237 e. The van der Waals surface area contributed by atoms with Crippen LogP contribution in [0, 0.1) is 17.8 Å². The number of carbonyl (C=O) groups excluding carboxylic acids is 2. The Hall–Kier alpha value is -1.68. The molecule has 1 aliphatic carbocycles. The van der Waals surface area contributed by atoms with Crippen LogP contribution in [0.15, 0.2) is 24.3 Å². The van der Waals surface area contributed by atoms with E-state index in [9.17, 15) is 9.59 Å². The lowest BCUT2D eigenvalue weighted by Gasteiger charge is -2.17. The molecule has 0 radical (unpaired) electrons. The Balaban J connectivity index is 1.85. The molecule has 4 nitrogen and oxygen atoms in total. The summed E-state index contributed by atoms with van der Waals surface area (Å²) in [5.74, 6) is 0.302. The largest absolute Gasteiger partial charge is 0.326 e. The summed E-state index contributed by atoms with van der Waals surface area (Å²) >= 11 is 0. The number of benzene rings is 1. The molecule has 2 fully saturated rings. The second-order valence-corrected chi connectivity index (χ2v) is 5.84. The van der Waals surface area contributed by atoms with Crippen LogP contribution in [-0.2, 0) is 16.1 Å². The topological polar surface area (TPSA) is 63.4 Å². The fraction of sp³-hybridized carbons (Fsp3) is 0.500. The van der Waals surface area contributed by atoms with Gasteiger partial charge in [0.25, 0.3) is 0 Å². The highest BCUT2D eigenvalue weighted by atomic mass is 16.2. The van der Waals surface area contributed by atoms with E-state index in [0.717, 1.165) is 24.8 Å². The minimum absolute atomic E-state index is 0.0172. The lowest BCUT2D eigenvalue weighted by Crippen LogP contribution is -2.32. The first-order chi connectivity index (χ1) is 9.65. The molecular weight excluding hydrogens is 252 g/mol. The highest BCUT2D eigenvalue weighted by Gasteiger charge is 2.52. The van der Waals surface area contributed by atoms with Crippen LogP contribution in [0.2, 0.25) is 0 Å². The molecule has 3 rings (SSSR count). The molecule has 0 aromatic heterocycles. The number of hydrogen-bond donors (Lipinski definition) is 1. The quantitative estimate of drug-likeness (QED) is 0.857. The van der Waals surface area contributed by atoms with E-state index in [0.29, 0.717) is 18.2 Å². The van der Waals surface area contributed by atoms with Gasteiger partial charge in [0, 0.05) is 6.54 Å². The summed E-state index contributed by atoms with van der Waals surface area (Å²) in [4.78, 5) is 26.4. The summed E-state index contributed by atoms with van der Waals surface area (Å²) < 4.78 is 0. The maximum atomic E-state index is 12.5. The van der Waals surface area contributed by atoms with Crippen molar-refractivity contribution < 1.29 is 9.59 Å². The molecule has 4 heteroatoms. The van der Waals surface area contributed by atoms with Crippen LogP contribution < -0.4 is 10.6 Å². The lowest BCUT2D eigenvalue weighted by atomic mass is 10.00. The van der Waals surface area contributed by atoms with Crippen molar-refractivity contribution in [3.05, 3.63) is 29.8 Å². The minimum Gasteiger partial charge on any atom is -0.326 e. The van der Waals surface area contributed by atoms with Crippen LogP contribution in [0.4, 0.5) is 5.69 Å². The normalized spacial score (nSPS) is 29.1. The molecule has 2 unspecified atom stereocenters. The van der Waals surface area contributed by atoms with Gasteiger partial charge in [0.2, 0.25) is 11.8 Å². The number of hydrogen-bond acceptors (Lipinski definition) is 3. The summed E-state index contributed by atoms with van der Waals surface area (Å²) in [5, 5.41) is 0. The number of amides is 2. The van der Waals surface area contributed by atoms with Crippen molar-refractivity contribution in [2.45, 2.75) is 32.7 Å². The number of nitrogens with zero attached hydrogens (tertiary/aromatic N) is 1. The predicted molar refractivity (Wildman–Crippen MR) is 76.8 cm³/mol. The molecule has 1 aromatic rings. The Kier molecular flexibility index (Phi) is 3.34. The van der Waals surface area contributed by atoms with Crippen molar-refractivity contribution in [3.8, 4) is 0 Å². The lowest BCUT2D eigenvalue weighted by molar-refractivity contribution is -0.123. The van der Waals surface area contributed by atoms with Gasteiger partial charge in [-0.15, -0.1) is 0 Å². The van der Waals surface area contributed by atoms with E-state index < -0.39 is 0 Å². The third-order valence-corrected chi connectivity index (χ3v) is 4.74. The molecule has 2 aliphatic rings. The first-order valence-corrected chi connectivity index (χ1v) is 7.32. The number of anilines is 1. The summed E-state index contributed by atoms with van der Waals surface area (Å²) in [6.07, 6.45) is 2.78. The van der Waals surface area contributed by atoms with Gasteiger partial charge in [-0.25, -0.2) is 0 Å². The zero-order valence-electron chi connectivity index (χ0n) is 11.7. The molecule has 106 valence electrons. The molecular formula is C16H20N2O2. The SMILES string of the molecule is CCC1CC2C(=O)N(c3ccc(CN)cc3)C(=O)C2C1. The molecule has 0 bridgehead atoms. The zero-order chi connectivity index (χ0) is 14.3. The third kappa shape index (κ3) is 1.95. The second kappa shape index (κ2) is 5.02.